The van der Waals surface area contributed by atoms with E-state index in [-0.39, 0.29) is 5.92 Å². The van der Waals surface area contributed by atoms with E-state index >= 15 is 0 Å². The van der Waals surface area contributed by atoms with Crippen molar-refractivity contribution in [2.24, 2.45) is 0 Å². The van der Waals surface area contributed by atoms with Gasteiger partial charge < -0.3 is 10.5 Å². The molecule has 3 nitrogen and oxygen atoms in total. The molecule has 1 heterocycles. The number of hydrogen-bond acceptors (Lipinski definition) is 4. The van der Waals surface area contributed by atoms with Crippen LogP contribution in [0.5, 0.6) is 5.75 Å². The number of nitrogens with two attached hydrogens (primary N) is 1. The molecule has 0 aliphatic carbocycles. The van der Waals surface area contributed by atoms with E-state index in [1.807, 2.05) is 29.6 Å². The maximum Gasteiger partial charge on any atom is 0.180 e. The molecule has 2 aromatic carbocycles. The van der Waals surface area contributed by atoms with Crippen molar-refractivity contribution < 1.29 is 13.5 Å². The molecule has 2 N–H and O–H groups in total. The molecule has 124 valence electrons. The Hall–Kier alpha value is -2.47. The Kier molecular flexibility index (Phi) is 4.76. The molecule has 0 aliphatic heterocycles. The second kappa shape index (κ2) is 6.97. The van der Waals surface area contributed by atoms with Gasteiger partial charge >= 0.3 is 0 Å². The molecule has 0 saturated heterocycles. The zero-order chi connectivity index (χ0) is 17.1. The van der Waals surface area contributed by atoms with Crippen LogP contribution in [0.2, 0.25) is 0 Å². The highest BCUT2D eigenvalue weighted by molar-refractivity contribution is 7.13. The fraction of sp³-hybridized carbons (Fsp3) is 0.167. The Bertz CT molecular complexity index is 833. The van der Waals surface area contributed by atoms with Crippen LogP contribution in [0.25, 0.3) is 0 Å². The van der Waals surface area contributed by atoms with E-state index in [4.69, 9.17) is 10.5 Å². The maximum atomic E-state index is 13.5. The quantitative estimate of drug-likeness (QED) is 0.745. The van der Waals surface area contributed by atoms with Crippen LogP contribution in [0.4, 0.5) is 13.9 Å². The Morgan fingerprint density at radius 1 is 1.12 bits per heavy atom. The Labute approximate surface area is 142 Å². The molecule has 3 rings (SSSR count). The van der Waals surface area contributed by atoms with Crippen LogP contribution in [0.15, 0.2) is 47.8 Å². The van der Waals surface area contributed by atoms with E-state index in [1.165, 1.54) is 17.4 Å². The molecule has 0 spiro atoms. The highest BCUT2D eigenvalue weighted by Crippen LogP contribution is 2.31. The van der Waals surface area contributed by atoms with E-state index in [2.05, 4.69) is 4.98 Å². The number of rotatable bonds is 5. The molecule has 0 unspecified atom stereocenters. The lowest BCUT2D eigenvalue weighted by Crippen LogP contribution is -2.06. The predicted molar refractivity (Wildman–Crippen MR) is 91.4 cm³/mol. The third-order valence-corrected chi connectivity index (χ3v) is 4.53. The van der Waals surface area contributed by atoms with Crippen molar-refractivity contribution in [1.29, 1.82) is 0 Å². The van der Waals surface area contributed by atoms with Crippen molar-refractivity contribution in [2.45, 2.75) is 12.3 Å². The monoisotopic (exact) mass is 346 g/mol. The van der Waals surface area contributed by atoms with Crippen LogP contribution < -0.4 is 10.5 Å². The minimum absolute atomic E-state index is 0.102. The predicted octanol–water partition coefficient (Wildman–Crippen LogP) is 4.39. The second-order valence-corrected chi connectivity index (χ2v) is 6.28. The van der Waals surface area contributed by atoms with Crippen LogP contribution in [-0.2, 0) is 6.42 Å². The van der Waals surface area contributed by atoms with Gasteiger partial charge in [-0.1, -0.05) is 18.2 Å². The number of aromatic nitrogens is 1. The highest BCUT2D eigenvalue weighted by atomic mass is 32.1. The lowest BCUT2D eigenvalue weighted by Gasteiger charge is -2.16. The van der Waals surface area contributed by atoms with E-state index in [0.29, 0.717) is 17.1 Å². The number of benzene rings is 2. The van der Waals surface area contributed by atoms with Gasteiger partial charge in [-0.05, 0) is 41.8 Å². The summed E-state index contributed by atoms with van der Waals surface area (Å²) in [6.45, 7) is 0. The third-order valence-electron chi connectivity index (χ3n) is 3.84. The van der Waals surface area contributed by atoms with Gasteiger partial charge in [0.05, 0.1) is 12.8 Å². The number of nitrogen functional groups attached to an aromatic ring is 1. The second-order valence-electron chi connectivity index (χ2n) is 5.39. The summed E-state index contributed by atoms with van der Waals surface area (Å²) < 4.78 is 31.8. The van der Waals surface area contributed by atoms with Crippen molar-refractivity contribution in [1.82, 2.24) is 4.98 Å². The average Bonchev–Trinajstić information content (AvgIpc) is 3.02. The first-order valence-electron chi connectivity index (χ1n) is 7.35. The molecule has 3 aromatic rings. The van der Waals surface area contributed by atoms with Crippen LogP contribution in [-0.4, -0.2) is 12.1 Å². The van der Waals surface area contributed by atoms with Gasteiger partial charge in [0.15, 0.2) is 16.8 Å². The van der Waals surface area contributed by atoms with Crippen molar-refractivity contribution in [3.63, 3.8) is 0 Å². The molecule has 24 heavy (non-hydrogen) atoms. The zero-order valence-electron chi connectivity index (χ0n) is 13.0. The van der Waals surface area contributed by atoms with E-state index in [0.717, 1.165) is 23.1 Å². The molecule has 1 aromatic heterocycles. The van der Waals surface area contributed by atoms with Gasteiger partial charge in [0, 0.05) is 11.3 Å². The van der Waals surface area contributed by atoms with E-state index in [9.17, 15) is 8.78 Å². The first-order valence-corrected chi connectivity index (χ1v) is 8.23. The number of thiazole rings is 1. The Balaban J connectivity index is 1.96. The minimum Gasteiger partial charge on any atom is -0.497 e. The number of hydrogen-bond donors (Lipinski definition) is 1. The van der Waals surface area contributed by atoms with Crippen LogP contribution in [0.3, 0.4) is 0 Å². The van der Waals surface area contributed by atoms with Gasteiger partial charge in [0.1, 0.15) is 5.75 Å². The maximum absolute atomic E-state index is 13.5. The molecule has 0 saturated carbocycles. The molecule has 0 amide bonds. The Morgan fingerprint density at radius 2 is 1.88 bits per heavy atom. The fourth-order valence-electron chi connectivity index (χ4n) is 2.59. The van der Waals surface area contributed by atoms with Gasteiger partial charge in [-0.15, -0.1) is 11.3 Å². The molecule has 0 bridgehead atoms. The van der Waals surface area contributed by atoms with Gasteiger partial charge in [-0.3, -0.25) is 0 Å². The number of nitrogens with zero attached hydrogens (tertiary/aromatic N) is 1. The van der Waals surface area contributed by atoms with Crippen LogP contribution in [0.1, 0.15) is 22.7 Å². The normalized spacial score (nSPS) is 12.1. The third kappa shape index (κ3) is 3.54. The summed E-state index contributed by atoms with van der Waals surface area (Å²) >= 11 is 1.36. The molecule has 1 atom stereocenters. The molecular formula is C18H16F2N2OS. The minimum atomic E-state index is -0.849. The summed E-state index contributed by atoms with van der Waals surface area (Å²) in [5.74, 6) is -1.05. The number of halogens is 2. The molecule has 6 heteroatoms. The summed E-state index contributed by atoms with van der Waals surface area (Å²) in [5.41, 5.74) is 8.27. The largest absolute Gasteiger partial charge is 0.497 e. The standard InChI is InChI=1S/C18H16F2N2OS/c1-23-13-5-3-12(4-6-13)14(17-10-24-18(21)22-17)8-11-2-7-15(19)16(20)9-11/h2-7,9-10,14H,8H2,1H3,(H2,21,22)/t14-/m1/s1. The topological polar surface area (TPSA) is 48.1 Å². The smallest absolute Gasteiger partial charge is 0.180 e. The van der Waals surface area contributed by atoms with Crippen molar-refractivity contribution >= 4 is 16.5 Å². The molecule has 0 fully saturated rings. The zero-order valence-corrected chi connectivity index (χ0v) is 13.8. The first kappa shape index (κ1) is 16.4. The summed E-state index contributed by atoms with van der Waals surface area (Å²) in [6.07, 6.45) is 0.493. The average molecular weight is 346 g/mol. The van der Waals surface area contributed by atoms with Crippen LogP contribution in [0, 0.1) is 11.6 Å². The molecule has 0 radical (unpaired) electrons. The van der Waals surface area contributed by atoms with Gasteiger partial charge in [-0.2, -0.15) is 0 Å². The summed E-state index contributed by atoms with van der Waals surface area (Å²) in [4.78, 5) is 4.36. The number of methoxy groups -OCH3 is 1. The molecule has 0 aliphatic rings. The first-order chi connectivity index (χ1) is 11.6. The summed E-state index contributed by atoms with van der Waals surface area (Å²) in [6, 6.07) is 11.6. The van der Waals surface area contributed by atoms with Gasteiger partial charge in [0.2, 0.25) is 0 Å². The Morgan fingerprint density at radius 3 is 2.46 bits per heavy atom. The van der Waals surface area contributed by atoms with Gasteiger partial charge in [0.25, 0.3) is 0 Å². The van der Waals surface area contributed by atoms with Crippen molar-refractivity contribution in [2.75, 3.05) is 12.8 Å². The van der Waals surface area contributed by atoms with E-state index < -0.39 is 11.6 Å². The lowest BCUT2D eigenvalue weighted by atomic mass is 9.89. The van der Waals surface area contributed by atoms with E-state index in [1.54, 1.807) is 13.2 Å². The lowest BCUT2D eigenvalue weighted by molar-refractivity contribution is 0.414. The summed E-state index contributed by atoms with van der Waals surface area (Å²) in [7, 11) is 1.61. The van der Waals surface area contributed by atoms with Crippen molar-refractivity contribution in [3.05, 3.63) is 76.3 Å². The van der Waals surface area contributed by atoms with Gasteiger partial charge in [-0.25, -0.2) is 13.8 Å². The molecular weight excluding hydrogens is 330 g/mol. The fourth-order valence-corrected chi connectivity index (χ4v) is 3.21. The summed E-state index contributed by atoms with van der Waals surface area (Å²) in [5, 5.41) is 2.37. The van der Waals surface area contributed by atoms with Crippen LogP contribution >= 0.6 is 11.3 Å². The van der Waals surface area contributed by atoms with Crippen molar-refractivity contribution in [3.8, 4) is 5.75 Å². The highest BCUT2D eigenvalue weighted by Gasteiger charge is 2.19. The SMILES string of the molecule is COc1ccc([C@@H](Cc2ccc(F)c(F)c2)c2csc(N)n2)cc1. The number of ether oxygens (including phenoxy) is 1. The number of anilines is 1.